The summed E-state index contributed by atoms with van der Waals surface area (Å²) in [6.07, 6.45) is 0. The van der Waals surface area contributed by atoms with E-state index >= 15 is 0 Å². The quantitative estimate of drug-likeness (QED) is 0.864. The first-order valence-corrected chi connectivity index (χ1v) is 5.37. The van der Waals surface area contributed by atoms with Crippen LogP contribution in [0.3, 0.4) is 0 Å². The van der Waals surface area contributed by atoms with Crippen molar-refractivity contribution in [1.29, 1.82) is 0 Å². The molecule has 0 atom stereocenters. The Kier molecular flexibility index (Phi) is 2.38. The molecular weight excluding hydrogens is 258 g/mol. The summed E-state index contributed by atoms with van der Waals surface area (Å²) in [5.74, 6) is 0.665. The monoisotopic (exact) mass is 269 g/mol. The van der Waals surface area contributed by atoms with Gasteiger partial charge < -0.3 is 14.4 Å². The molecule has 3 nitrogen and oxygen atoms in total. The van der Waals surface area contributed by atoms with Gasteiger partial charge in [0, 0.05) is 18.1 Å². The highest BCUT2D eigenvalue weighted by atomic mass is 79.9. The van der Waals surface area contributed by atoms with Crippen molar-refractivity contribution >= 4 is 26.8 Å². The van der Waals surface area contributed by atoms with E-state index in [-0.39, 0.29) is 5.75 Å². The molecule has 0 radical (unpaired) electrons. The molecule has 1 N–H and O–H groups in total. The van der Waals surface area contributed by atoms with Crippen LogP contribution in [0.15, 0.2) is 16.6 Å². The molecule has 0 aliphatic rings. The SMILES string of the molecule is COc1c(Br)cc2c(cc(C)n2C)c1O. The second kappa shape index (κ2) is 3.45. The van der Waals surface area contributed by atoms with Gasteiger partial charge in [-0.05, 0) is 35.0 Å². The zero-order chi connectivity index (χ0) is 11.2. The lowest BCUT2D eigenvalue weighted by Gasteiger charge is -2.07. The summed E-state index contributed by atoms with van der Waals surface area (Å²) < 4.78 is 7.91. The summed E-state index contributed by atoms with van der Waals surface area (Å²) in [6, 6.07) is 3.89. The van der Waals surface area contributed by atoms with Crippen molar-refractivity contribution in [3.8, 4) is 11.5 Å². The second-order valence-corrected chi connectivity index (χ2v) is 4.37. The fraction of sp³-hybridized carbons (Fsp3) is 0.273. The third-order valence-electron chi connectivity index (χ3n) is 2.67. The molecule has 0 spiro atoms. The number of phenols is 1. The van der Waals surface area contributed by atoms with Crippen molar-refractivity contribution in [2.75, 3.05) is 7.11 Å². The van der Waals surface area contributed by atoms with Crippen LogP contribution in [-0.4, -0.2) is 16.8 Å². The molecule has 1 aromatic carbocycles. The smallest absolute Gasteiger partial charge is 0.175 e. The van der Waals surface area contributed by atoms with Crippen molar-refractivity contribution in [1.82, 2.24) is 4.57 Å². The number of nitrogens with zero attached hydrogens (tertiary/aromatic N) is 1. The highest BCUT2D eigenvalue weighted by Gasteiger charge is 2.14. The van der Waals surface area contributed by atoms with E-state index in [0.29, 0.717) is 5.75 Å². The van der Waals surface area contributed by atoms with Gasteiger partial charge in [0.05, 0.1) is 17.1 Å². The number of fused-ring (bicyclic) bond motifs is 1. The van der Waals surface area contributed by atoms with E-state index in [1.807, 2.05) is 30.7 Å². The molecular formula is C11H12BrNO2. The van der Waals surface area contributed by atoms with Gasteiger partial charge in [-0.15, -0.1) is 0 Å². The van der Waals surface area contributed by atoms with Crippen LogP contribution in [0.25, 0.3) is 10.9 Å². The van der Waals surface area contributed by atoms with Crippen molar-refractivity contribution in [2.24, 2.45) is 7.05 Å². The maximum atomic E-state index is 10.00. The average Bonchev–Trinajstić information content (AvgIpc) is 2.46. The maximum Gasteiger partial charge on any atom is 0.175 e. The topological polar surface area (TPSA) is 34.4 Å². The van der Waals surface area contributed by atoms with Crippen molar-refractivity contribution < 1.29 is 9.84 Å². The first-order chi connectivity index (χ1) is 7.06. The number of rotatable bonds is 1. The van der Waals surface area contributed by atoms with E-state index < -0.39 is 0 Å². The van der Waals surface area contributed by atoms with Crippen LogP contribution in [0, 0.1) is 6.92 Å². The molecule has 1 heterocycles. The van der Waals surface area contributed by atoms with E-state index in [1.165, 1.54) is 0 Å². The zero-order valence-corrected chi connectivity index (χ0v) is 10.4. The lowest BCUT2D eigenvalue weighted by Crippen LogP contribution is -1.90. The van der Waals surface area contributed by atoms with Crippen LogP contribution in [0.2, 0.25) is 0 Å². The lowest BCUT2D eigenvalue weighted by molar-refractivity contribution is 0.374. The molecule has 15 heavy (non-hydrogen) atoms. The molecule has 0 bridgehead atoms. The van der Waals surface area contributed by atoms with E-state index in [2.05, 4.69) is 15.9 Å². The standard InChI is InChI=1S/C11H12BrNO2/c1-6-4-7-9(13(6)2)5-8(12)11(15-3)10(7)14/h4-5,14H,1-3H3. The van der Waals surface area contributed by atoms with Gasteiger partial charge in [0.15, 0.2) is 11.5 Å². The Labute approximate surface area is 96.4 Å². The van der Waals surface area contributed by atoms with E-state index in [1.54, 1.807) is 7.11 Å². The van der Waals surface area contributed by atoms with Gasteiger partial charge in [-0.1, -0.05) is 0 Å². The molecule has 0 unspecified atom stereocenters. The van der Waals surface area contributed by atoms with Crippen LogP contribution in [0.5, 0.6) is 11.5 Å². The number of benzene rings is 1. The molecule has 4 heteroatoms. The molecule has 80 valence electrons. The summed E-state index contributed by atoms with van der Waals surface area (Å²) in [4.78, 5) is 0. The zero-order valence-electron chi connectivity index (χ0n) is 8.84. The molecule has 0 amide bonds. The number of methoxy groups -OCH3 is 1. The molecule has 1 aromatic heterocycles. The third-order valence-corrected chi connectivity index (χ3v) is 3.26. The Morgan fingerprint density at radius 1 is 1.40 bits per heavy atom. The Hall–Kier alpha value is -1.16. The predicted octanol–water partition coefficient (Wildman–Crippen LogP) is 2.96. The number of ether oxygens (including phenoxy) is 1. The van der Waals surface area contributed by atoms with Gasteiger partial charge in [0.1, 0.15) is 0 Å². The highest BCUT2D eigenvalue weighted by Crippen LogP contribution is 2.41. The van der Waals surface area contributed by atoms with Crippen LogP contribution in [0.4, 0.5) is 0 Å². The predicted molar refractivity (Wildman–Crippen MR) is 63.6 cm³/mol. The number of hydrogen-bond donors (Lipinski definition) is 1. The normalized spacial score (nSPS) is 10.9. The van der Waals surface area contributed by atoms with Crippen LogP contribution < -0.4 is 4.74 Å². The third kappa shape index (κ3) is 1.40. The fourth-order valence-electron chi connectivity index (χ4n) is 1.73. The van der Waals surface area contributed by atoms with Gasteiger partial charge in [-0.3, -0.25) is 0 Å². The molecule has 0 saturated carbocycles. The summed E-state index contributed by atoms with van der Waals surface area (Å²) >= 11 is 3.37. The maximum absolute atomic E-state index is 10.00. The van der Waals surface area contributed by atoms with E-state index in [9.17, 15) is 5.11 Å². The minimum Gasteiger partial charge on any atom is -0.504 e. The number of aryl methyl sites for hydroxylation is 2. The Bertz CT molecular complexity index is 531. The molecule has 0 aliphatic carbocycles. The van der Waals surface area contributed by atoms with Gasteiger partial charge in [0.25, 0.3) is 0 Å². The Morgan fingerprint density at radius 2 is 2.07 bits per heavy atom. The Morgan fingerprint density at radius 3 is 2.67 bits per heavy atom. The molecule has 0 aliphatic heterocycles. The molecule has 2 rings (SSSR count). The van der Waals surface area contributed by atoms with Crippen molar-refractivity contribution in [3.63, 3.8) is 0 Å². The van der Waals surface area contributed by atoms with Gasteiger partial charge in [-0.25, -0.2) is 0 Å². The summed E-state index contributed by atoms with van der Waals surface area (Å²) in [5, 5.41) is 10.8. The highest BCUT2D eigenvalue weighted by molar-refractivity contribution is 9.10. The van der Waals surface area contributed by atoms with Gasteiger partial charge >= 0.3 is 0 Å². The molecule has 0 fully saturated rings. The summed E-state index contributed by atoms with van der Waals surface area (Å²) in [6.45, 7) is 2.00. The van der Waals surface area contributed by atoms with Crippen LogP contribution in [-0.2, 0) is 7.05 Å². The number of aromatic hydroxyl groups is 1. The van der Waals surface area contributed by atoms with Gasteiger partial charge in [-0.2, -0.15) is 0 Å². The first-order valence-electron chi connectivity index (χ1n) is 4.57. The van der Waals surface area contributed by atoms with E-state index in [0.717, 1.165) is 21.1 Å². The molecule has 2 aromatic rings. The van der Waals surface area contributed by atoms with Gasteiger partial charge in [0.2, 0.25) is 0 Å². The summed E-state index contributed by atoms with van der Waals surface area (Å²) in [7, 11) is 3.51. The first kappa shape index (κ1) is 10.4. The summed E-state index contributed by atoms with van der Waals surface area (Å²) in [5.41, 5.74) is 2.08. The van der Waals surface area contributed by atoms with Crippen molar-refractivity contribution in [3.05, 3.63) is 22.3 Å². The second-order valence-electron chi connectivity index (χ2n) is 3.52. The van der Waals surface area contributed by atoms with E-state index in [4.69, 9.17) is 4.74 Å². The minimum absolute atomic E-state index is 0.186. The lowest BCUT2D eigenvalue weighted by atomic mass is 10.2. The average molecular weight is 270 g/mol. The van der Waals surface area contributed by atoms with Crippen LogP contribution >= 0.6 is 15.9 Å². The number of aromatic nitrogens is 1. The molecule has 0 saturated heterocycles. The largest absolute Gasteiger partial charge is 0.504 e. The number of halogens is 1. The van der Waals surface area contributed by atoms with Crippen molar-refractivity contribution in [2.45, 2.75) is 6.92 Å². The fourth-order valence-corrected chi connectivity index (χ4v) is 2.30. The van der Waals surface area contributed by atoms with Crippen LogP contribution in [0.1, 0.15) is 5.69 Å². The number of hydrogen-bond acceptors (Lipinski definition) is 2. The Balaban J connectivity index is 2.90. The minimum atomic E-state index is 0.186. The number of phenolic OH excluding ortho intramolecular Hbond substituents is 1.